The number of Topliss-reactive ketones (excluding diaryl/α,β-unsaturated/α-hetero) is 1. The number of nitrogens with zero attached hydrogens (tertiary/aromatic N) is 4. The van der Waals surface area contributed by atoms with Gasteiger partial charge < -0.3 is 34.6 Å². The molecular weight excluding hydrogens is 841 g/mol. The monoisotopic (exact) mass is 912 g/mol. The Balaban J connectivity index is 1.45. The number of ketones is 1. The molecular formula is C52H71F2N7O5. The van der Waals surface area contributed by atoms with Crippen molar-refractivity contribution in [3.8, 4) is 22.3 Å². The molecule has 2 heterocycles. The third-order valence-electron chi connectivity index (χ3n) is 13.2. The number of amides is 2. The van der Waals surface area contributed by atoms with Crippen LogP contribution in [0.1, 0.15) is 127 Å². The van der Waals surface area contributed by atoms with Crippen LogP contribution < -0.4 is 5.32 Å². The molecule has 0 saturated heterocycles. The van der Waals surface area contributed by atoms with Gasteiger partial charge in [0.2, 0.25) is 0 Å². The van der Waals surface area contributed by atoms with Crippen molar-refractivity contribution >= 4 is 39.9 Å². The smallest absolute Gasteiger partial charge is 0.410 e. The van der Waals surface area contributed by atoms with Crippen molar-refractivity contribution < 1.29 is 32.6 Å². The Morgan fingerprint density at radius 2 is 1.11 bits per heavy atom. The number of nitrogens with one attached hydrogen (secondary N) is 3. The number of carbonyl (C=O) groups is 3. The number of halogens is 2. The molecule has 3 aromatic carbocycles. The van der Waals surface area contributed by atoms with E-state index in [0.717, 1.165) is 0 Å². The zero-order valence-corrected chi connectivity index (χ0v) is 42.3. The summed E-state index contributed by atoms with van der Waals surface area (Å²) in [5.74, 6) is -0.842. The molecule has 2 amide bonds. The zero-order valence-electron chi connectivity index (χ0n) is 42.3. The SMILES string of the molecule is C=C(O[C@@](C)(C(=O)N[C@H](c1nc2ccc(-c3cc(F)c(-c4ccc5nc([C@@H](CC(=O)[C@](C)(OC(=O)N(C)C)C(C)(C)C)C(C)(C)C)[nH]c5c4)cc3F)cc2[nH]1)C(C)(C)C)C(C)(C)C)N(C)C. The molecule has 12 nitrogen and oxygen atoms in total. The van der Waals surface area contributed by atoms with Crippen molar-refractivity contribution in [1.82, 2.24) is 35.1 Å². The summed E-state index contributed by atoms with van der Waals surface area (Å²) in [6, 6.07) is 12.1. The van der Waals surface area contributed by atoms with Gasteiger partial charge in [-0.15, -0.1) is 0 Å². The molecule has 0 unspecified atom stereocenters. The van der Waals surface area contributed by atoms with Gasteiger partial charge in [0.1, 0.15) is 23.3 Å². The first-order valence-corrected chi connectivity index (χ1v) is 22.4. The fourth-order valence-electron chi connectivity index (χ4n) is 7.60. The average molecular weight is 912 g/mol. The molecule has 0 aliphatic rings. The van der Waals surface area contributed by atoms with Gasteiger partial charge in [-0.1, -0.05) is 95.2 Å². The zero-order chi connectivity index (χ0) is 49.9. The van der Waals surface area contributed by atoms with E-state index in [1.165, 1.54) is 17.0 Å². The van der Waals surface area contributed by atoms with Crippen molar-refractivity contribution in [3.05, 3.63) is 84.3 Å². The quantitative estimate of drug-likeness (QED) is 0.0990. The molecule has 3 N–H and O–H groups in total. The second kappa shape index (κ2) is 17.8. The number of H-pyrrole nitrogens is 2. The van der Waals surface area contributed by atoms with Crippen LogP contribution in [0.4, 0.5) is 13.6 Å². The lowest BCUT2D eigenvalue weighted by Crippen LogP contribution is -2.57. The van der Waals surface area contributed by atoms with Gasteiger partial charge in [-0.05, 0) is 78.8 Å². The van der Waals surface area contributed by atoms with Gasteiger partial charge in [-0.25, -0.2) is 23.5 Å². The minimum Gasteiger partial charge on any atom is -0.463 e. The third-order valence-corrected chi connectivity index (χ3v) is 13.2. The molecule has 4 atom stereocenters. The summed E-state index contributed by atoms with van der Waals surface area (Å²) in [6.07, 6.45) is -0.576. The standard InChI is InChI=1S/C52H71F2N7O5/c1-29(60(16)17)65-52(15,50(11,12)13)45(63)59-42(48(5,6)7)44-56-38-23-21-31(25-40(38)58-44)33-27-35(53)32(26-36(33)54)30-20-22-37-39(24-30)57-43(55-37)34(47(2,3)4)28-41(62)51(14,49(8,9)10)66-46(64)61(18)19/h20-27,34,42H,1,28H2,2-19H3,(H,55,57)(H,56,58)(H,59,63)/t34-,42-,51+,52+/m1/s1. The minimum absolute atomic E-state index is 0.0335. The lowest BCUT2D eigenvalue weighted by atomic mass is 9.69. The number of aromatic amines is 2. The predicted octanol–water partition coefficient (Wildman–Crippen LogP) is 11.7. The van der Waals surface area contributed by atoms with Crippen LogP contribution in [0, 0.1) is 33.3 Å². The highest BCUT2D eigenvalue weighted by Crippen LogP contribution is 2.44. The number of benzene rings is 3. The summed E-state index contributed by atoms with van der Waals surface area (Å²) in [4.78, 5) is 60.5. The van der Waals surface area contributed by atoms with Crippen LogP contribution >= 0.6 is 0 Å². The van der Waals surface area contributed by atoms with E-state index in [9.17, 15) is 14.4 Å². The van der Waals surface area contributed by atoms with Gasteiger partial charge in [0.25, 0.3) is 5.91 Å². The lowest BCUT2D eigenvalue weighted by Gasteiger charge is -2.43. The Morgan fingerprint density at radius 1 is 0.652 bits per heavy atom. The third kappa shape index (κ3) is 10.3. The molecule has 5 aromatic rings. The second-order valence-electron chi connectivity index (χ2n) is 22.6. The number of ether oxygens (including phenoxy) is 2. The Labute approximate surface area is 389 Å². The number of fused-ring (bicyclic) bond motifs is 2. The van der Waals surface area contributed by atoms with E-state index in [4.69, 9.17) is 19.4 Å². The summed E-state index contributed by atoms with van der Waals surface area (Å²) < 4.78 is 44.5. The number of carbonyl (C=O) groups excluding carboxylic acids is 3. The summed E-state index contributed by atoms with van der Waals surface area (Å²) >= 11 is 0. The molecule has 66 heavy (non-hydrogen) atoms. The molecule has 0 aliphatic heterocycles. The average Bonchev–Trinajstić information content (AvgIpc) is 3.80. The van der Waals surface area contributed by atoms with Crippen molar-refractivity contribution in [2.24, 2.45) is 21.7 Å². The number of hydrogen-bond acceptors (Lipinski definition) is 8. The fourth-order valence-corrected chi connectivity index (χ4v) is 7.60. The van der Waals surface area contributed by atoms with Gasteiger partial charge in [0.15, 0.2) is 22.9 Å². The van der Waals surface area contributed by atoms with Gasteiger partial charge in [-0.3, -0.25) is 9.59 Å². The molecule has 0 spiro atoms. The van der Waals surface area contributed by atoms with Gasteiger partial charge >= 0.3 is 6.09 Å². The summed E-state index contributed by atoms with van der Waals surface area (Å²) in [5.41, 5.74) is -1.65. The van der Waals surface area contributed by atoms with Gasteiger partial charge in [0.05, 0.1) is 28.1 Å². The minimum atomic E-state index is -1.43. The number of aromatic nitrogens is 4. The molecule has 0 radical (unpaired) electrons. The topological polar surface area (TPSA) is 146 Å². The van der Waals surface area contributed by atoms with E-state index in [-0.39, 0.29) is 29.2 Å². The molecule has 0 aliphatic carbocycles. The van der Waals surface area contributed by atoms with Crippen molar-refractivity contribution in [3.63, 3.8) is 0 Å². The maximum Gasteiger partial charge on any atom is 0.410 e. The van der Waals surface area contributed by atoms with Gasteiger partial charge in [0, 0.05) is 62.5 Å². The Hall–Kier alpha value is -5.79. The van der Waals surface area contributed by atoms with Crippen LogP contribution in [-0.2, 0) is 19.1 Å². The van der Waals surface area contributed by atoms with E-state index in [1.807, 2.05) is 83.1 Å². The Morgan fingerprint density at radius 3 is 1.52 bits per heavy atom. The van der Waals surface area contributed by atoms with Crippen molar-refractivity contribution in [2.75, 3.05) is 28.2 Å². The van der Waals surface area contributed by atoms with Crippen LogP contribution in [0.15, 0.2) is 61.0 Å². The maximum atomic E-state index is 16.2. The highest BCUT2D eigenvalue weighted by Gasteiger charge is 2.51. The van der Waals surface area contributed by atoms with E-state index in [1.54, 1.807) is 83.3 Å². The van der Waals surface area contributed by atoms with Crippen LogP contribution in [-0.4, -0.2) is 86.9 Å². The van der Waals surface area contributed by atoms with Crippen LogP contribution in [0.5, 0.6) is 0 Å². The van der Waals surface area contributed by atoms with Crippen LogP contribution in [0.2, 0.25) is 0 Å². The van der Waals surface area contributed by atoms with E-state index < -0.39 is 62.5 Å². The lowest BCUT2D eigenvalue weighted by molar-refractivity contribution is -0.158. The Bertz CT molecular complexity index is 2470. The normalized spacial score (nSPS) is 15.4. The first kappa shape index (κ1) is 51.2. The summed E-state index contributed by atoms with van der Waals surface area (Å²) in [7, 11) is 6.74. The first-order valence-electron chi connectivity index (χ1n) is 22.4. The van der Waals surface area contributed by atoms with Gasteiger partial charge in [-0.2, -0.15) is 0 Å². The molecule has 0 bridgehead atoms. The van der Waals surface area contributed by atoms with Crippen molar-refractivity contribution in [2.45, 2.75) is 127 Å². The predicted molar refractivity (Wildman–Crippen MR) is 258 cm³/mol. The molecule has 0 fully saturated rings. The van der Waals surface area contributed by atoms with E-state index in [0.29, 0.717) is 50.7 Å². The fraction of sp³-hybridized carbons (Fsp3) is 0.519. The van der Waals surface area contributed by atoms with E-state index >= 15 is 8.78 Å². The molecule has 0 saturated carbocycles. The second-order valence-corrected chi connectivity index (χ2v) is 22.6. The van der Waals surface area contributed by atoms with E-state index in [2.05, 4.69) is 21.9 Å². The summed E-state index contributed by atoms with van der Waals surface area (Å²) in [5, 5.41) is 3.20. The summed E-state index contributed by atoms with van der Waals surface area (Å²) in [6.45, 7) is 30.8. The van der Waals surface area contributed by atoms with Crippen LogP contribution in [0.25, 0.3) is 44.3 Å². The molecule has 358 valence electrons. The highest BCUT2D eigenvalue weighted by molar-refractivity contribution is 5.91. The first-order chi connectivity index (χ1) is 30.1. The highest BCUT2D eigenvalue weighted by atomic mass is 19.1. The Kier molecular flexibility index (Phi) is 13.8. The van der Waals surface area contributed by atoms with Crippen molar-refractivity contribution in [1.29, 1.82) is 0 Å². The largest absolute Gasteiger partial charge is 0.463 e. The van der Waals surface area contributed by atoms with Crippen LogP contribution in [0.3, 0.4) is 0 Å². The molecule has 14 heteroatoms. The number of hydrogen-bond donors (Lipinski definition) is 3. The maximum absolute atomic E-state index is 16.2. The molecule has 5 rings (SSSR count). The molecule has 2 aromatic heterocycles. The number of rotatable bonds is 13. The number of imidazole rings is 2.